The summed E-state index contributed by atoms with van der Waals surface area (Å²) >= 11 is 0. The third kappa shape index (κ3) is 2.86. The third-order valence-corrected chi connectivity index (χ3v) is 4.56. The van der Waals surface area contributed by atoms with Gasteiger partial charge in [-0.05, 0) is 17.5 Å². The fraction of sp³-hybridized carbons (Fsp3) is 0.294. The van der Waals surface area contributed by atoms with Gasteiger partial charge in [-0.3, -0.25) is 4.68 Å². The predicted octanol–water partition coefficient (Wildman–Crippen LogP) is 1.46. The standard InChI is InChI=1S/C17H18N6O2/c18-17-20-14-7-6-13(15(16(24)25)23(14)21-17)12-8-19-22(10-12)9-11-4-2-1-3-5-11/h1-5,8,10,13,15H,6-7,9H2,(H2,18,21)(H,24,25). The molecule has 1 aliphatic rings. The maximum atomic E-state index is 11.9. The number of carbonyl (C=O) groups is 1. The highest BCUT2D eigenvalue weighted by Gasteiger charge is 2.38. The van der Waals surface area contributed by atoms with Crippen molar-refractivity contribution in [3.8, 4) is 0 Å². The topological polar surface area (TPSA) is 112 Å². The number of nitrogens with two attached hydrogens (primary N) is 1. The van der Waals surface area contributed by atoms with Crippen molar-refractivity contribution in [3.05, 3.63) is 59.7 Å². The molecule has 0 saturated heterocycles. The molecule has 128 valence electrons. The molecule has 2 aromatic heterocycles. The smallest absolute Gasteiger partial charge is 0.329 e. The number of benzene rings is 1. The van der Waals surface area contributed by atoms with Crippen molar-refractivity contribution in [3.63, 3.8) is 0 Å². The van der Waals surface area contributed by atoms with Gasteiger partial charge in [0, 0.05) is 18.5 Å². The van der Waals surface area contributed by atoms with E-state index >= 15 is 0 Å². The Morgan fingerprint density at radius 3 is 2.88 bits per heavy atom. The number of nitrogen functional groups attached to an aromatic ring is 1. The fourth-order valence-electron chi connectivity index (χ4n) is 3.43. The van der Waals surface area contributed by atoms with Crippen LogP contribution in [0.15, 0.2) is 42.7 Å². The van der Waals surface area contributed by atoms with Gasteiger partial charge in [-0.1, -0.05) is 30.3 Å². The Labute approximate surface area is 143 Å². The van der Waals surface area contributed by atoms with Crippen molar-refractivity contribution in [1.29, 1.82) is 0 Å². The maximum Gasteiger partial charge on any atom is 0.329 e. The van der Waals surface area contributed by atoms with Gasteiger partial charge in [0.2, 0.25) is 5.95 Å². The second kappa shape index (κ2) is 6.04. The SMILES string of the molecule is Nc1nc2n(n1)C(C(=O)O)C(c1cnn(Cc3ccccc3)c1)CC2. The lowest BCUT2D eigenvalue weighted by Gasteiger charge is -2.28. The number of rotatable bonds is 4. The molecular formula is C17H18N6O2. The van der Waals surface area contributed by atoms with Crippen molar-refractivity contribution >= 4 is 11.9 Å². The molecule has 2 unspecified atom stereocenters. The van der Waals surface area contributed by atoms with Gasteiger partial charge in [-0.15, -0.1) is 5.10 Å². The fourth-order valence-corrected chi connectivity index (χ4v) is 3.43. The Balaban J connectivity index is 1.62. The summed E-state index contributed by atoms with van der Waals surface area (Å²) in [5, 5.41) is 18.2. The minimum Gasteiger partial charge on any atom is -0.480 e. The van der Waals surface area contributed by atoms with Gasteiger partial charge in [0.05, 0.1) is 12.7 Å². The highest BCUT2D eigenvalue weighted by molar-refractivity contribution is 5.73. The molecule has 3 heterocycles. The van der Waals surface area contributed by atoms with Crippen molar-refractivity contribution < 1.29 is 9.90 Å². The molecule has 25 heavy (non-hydrogen) atoms. The van der Waals surface area contributed by atoms with Crippen LogP contribution < -0.4 is 5.73 Å². The summed E-state index contributed by atoms with van der Waals surface area (Å²) in [5.41, 5.74) is 7.67. The molecule has 0 spiro atoms. The lowest BCUT2D eigenvalue weighted by molar-refractivity contribution is -0.142. The van der Waals surface area contributed by atoms with E-state index in [1.54, 1.807) is 6.20 Å². The zero-order chi connectivity index (χ0) is 17.4. The van der Waals surface area contributed by atoms with Crippen LogP contribution in [0.5, 0.6) is 0 Å². The molecular weight excluding hydrogens is 320 g/mol. The average molecular weight is 338 g/mol. The lowest BCUT2D eigenvalue weighted by Crippen LogP contribution is -2.32. The summed E-state index contributed by atoms with van der Waals surface area (Å²) in [6.07, 6.45) is 4.97. The molecule has 0 amide bonds. The van der Waals surface area contributed by atoms with Gasteiger partial charge in [-0.2, -0.15) is 10.1 Å². The van der Waals surface area contributed by atoms with Gasteiger partial charge < -0.3 is 10.8 Å². The van der Waals surface area contributed by atoms with E-state index in [0.29, 0.717) is 25.2 Å². The van der Waals surface area contributed by atoms with Crippen LogP contribution >= 0.6 is 0 Å². The molecule has 8 heteroatoms. The summed E-state index contributed by atoms with van der Waals surface area (Å²) in [4.78, 5) is 16.0. The summed E-state index contributed by atoms with van der Waals surface area (Å²) < 4.78 is 3.27. The van der Waals surface area contributed by atoms with Gasteiger partial charge in [0.1, 0.15) is 5.82 Å². The van der Waals surface area contributed by atoms with E-state index in [0.717, 1.165) is 11.1 Å². The van der Waals surface area contributed by atoms with Gasteiger partial charge in [-0.25, -0.2) is 9.48 Å². The second-order valence-corrected chi connectivity index (χ2v) is 6.22. The van der Waals surface area contributed by atoms with E-state index < -0.39 is 12.0 Å². The number of hydrogen-bond donors (Lipinski definition) is 2. The van der Waals surface area contributed by atoms with Crippen molar-refractivity contribution in [2.45, 2.75) is 31.3 Å². The van der Waals surface area contributed by atoms with E-state index in [1.807, 2.05) is 41.2 Å². The van der Waals surface area contributed by atoms with Crippen LogP contribution in [0.4, 0.5) is 5.95 Å². The van der Waals surface area contributed by atoms with Gasteiger partial charge in [0.25, 0.3) is 0 Å². The number of fused-ring (bicyclic) bond motifs is 1. The maximum absolute atomic E-state index is 11.9. The first kappa shape index (κ1) is 15.4. The highest BCUT2D eigenvalue weighted by Crippen LogP contribution is 2.37. The Bertz CT molecular complexity index is 901. The number of carboxylic acid groups (broad SMARTS) is 1. The quantitative estimate of drug-likeness (QED) is 0.745. The van der Waals surface area contributed by atoms with E-state index in [2.05, 4.69) is 15.2 Å². The number of carboxylic acids is 1. The zero-order valence-corrected chi connectivity index (χ0v) is 13.5. The van der Waals surface area contributed by atoms with E-state index in [4.69, 9.17) is 5.73 Å². The number of hydrogen-bond acceptors (Lipinski definition) is 5. The Morgan fingerprint density at radius 2 is 2.12 bits per heavy atom. The molecule has 1 aromatic carbocycles. The van der Waals surface area contributed by atoms with Crippen LogP contribution in [-0.4, -0.2) is 35.6 Å². The summed E-state index contributed by atoms with van der Waals surface area (Å²) in [5.74, 6) is -0.415. The minimum atomic E-state index is -0.938. The molecule has 0 saturated carbocycles. The van der Waals surface area contributed by atoms with Crippen LogP contribution in [0.25, 0.3) is 0 Å². The first-order valence-electron chi connectivity index (χ1n) is 8.12. The van der Waals surface area contributed by atoms with Gasteiger partial charge >= 0.3 is 5.97 Å². The predicted molar refractivity (Wildman–Crippen MR) is 89.9 cm³/mol. The Hall–Kier alpha value is -3.16. The molecule has 1 aliphatic heterocycles. The number of anilines is 1. The van der Waals surface area contributed by atoms with E-state index in [1.165, 1.54) is 4.68 Å². The molecule has 2 atom stereocenters. The van der Waals surface area contributed by atoms with Crippen molar-refractivity contribution in [2.24, 2.45) is 0 Å². The highest BCUT2D eigenvalue weighted by atomic mass is 16.4. The molecule has 0 fully saturated rings. The number of aryl methyl sites for hydroxylation is 1. The first-order chi connectivity index (χ1) is 12.1. The molecule has 0 aliphatic carbocycles. The van der Waals surface area contributed by atoms with Gasteiger partial charge in [0.15, 0.2) is 6.04 Å². The molecule has 0 radical (unpaired) electrons. The van der Waals surface area contributed by atoms with E-state index in [9.17, 15) is 9.90 Å². The number of aromatic nitrogens is 5. The normalized spacial score (nSPS) is 19.5. The largest absolute Gasteiger partial charge is 0.480 e. The second-order valence-electron chi connectivity index (χ2n) is 6.22. The van der Waals surface area contributed by atoms with Crippen LogP contribution in [-0.2, 0) is 17.8 Å². The van der Waals surface area contributed by atoms with Crippen molar-refractivity contribution in [1.82, 2.24) is 24.5 Å². The summed E-state index contributed by atoms with van der Waals surface area (Å²) in [6.45, 7) is 0.646. The Kier molecular flexibility index (Phi) is 3.72. The van der Waals surface area contributed by atoms with Crippen molar-refractivity contribution in [2.75, 3.05) is 5.73 Å². The van der Waals surface area contributed by atoms with Crippen LogP contribution in [0.1, 0.15) is 35.3 Å². The Morgan fingerprint density at radius 1 is 1.32 bits per heavy atom. The average Bonchev–Trinajstić information content (AvgIpc) is 3.20. The molecule has 4 rings (SSSR count). The first-order valence-corrected chi connectivity index (χ1v) is 8.12. The van der Waals surface area contributed by atoms with Crippen LogP contribution in [0, 0.1) is 0 Å². The monoisotopic (exact) mass is 338 g/mol. The molecule has 3 aromatic rings. The third-order valence-electron chi connectivity index (χ3n) is 4.56. The van der Waals surface area contributed by atoms with Crippen LogP contribution in [0.3, 0.4) is 0 Å². The summed E-state index contributed by atoms with van der Waals surface area (Å²) in [6, 6.07) is 9.19. The lowest BCUT2D eigenvalue weighted by atomic mass is 9.86. The summed E-state index contributed by atoms with van der Waals surface area (Å²) in [7, 11) is 0. The number of aliphatic carboxylic acids is 1. The molecule has 8 nitrogen and oxygen atoms in total. The zero-order valence-electron chi connectivity index (χ0n) is 13.5. The van der Waals surface area contributed by atoms with Crippen LogP contribution in [0.2, 0.25) is 0 Å². The van der Waals surface area contributed by atoms with E-state index in [-0.39, 0.29) is 11.9 Å². The molecule has 3 N–H and O–H groups in total. The number of nitrogens with zero attached hydrogens (tertiary/aromatic N) is 5. The minimum absolute atomic E-state index is 0.113. The molecule has 0 bridgehead atoms.